The molecule has 0 spiro atoms. The summed E-state index contributed by atoms with van der Waals surface area (Å²) in [6.45, 7) is 4.63. The molecule has 0 aromatic rings. The van der Waals surface area contributed by atoms with Gasteiger partial charge in [0.1, 0.15) is 19.3 Å². The Morgan fingerprint density at radius 1 is 0.279 bits per heavy atom. The number of phosphoric ester groups is 2. The molecule has 5 atom stereocenters. The molecule has 0 aromatic carbocycles. The fourth-order valence-corrected chi connectivity index (χ4v) is 12.6. The van der Waals surface area contributed by atoms with Gasteiger partial charge in [0, 0.05) is 25.7 Å². The van der Waals surface area contributed by atoms with Crippen LogP contribution in [-0.2, 0) is 65.4 Å². The van der Waals surface area contributed by atoms with Crippen molar-refractivity contribution in [3.05, 3.63) is 109 Å². The first kappa shape index (κ1) is 99.7. The standard InChI is InChI=1S/C85H148O17P2/c1-5-9-13-17-21-25-29-33-36-38-39-41-44-47-50-54-58-62-66-70-83(88)95-75-80(101-84(89)71-67-63-59-55-51-45-32-28-24-20-16-12-8-4)77-99-103(91,92)97-73-79(86)74-98-104(93,94)100-78-81(102-85(90)72-68-64-60-56-52-48-42-35-31-27-23-19-15-11-7-3)76-96-82(87)69-65-61-57-53-49-46-43-40-37-34-30-26-22-18-14-10-6-2/h9-10,13-14,21-22,25-26,28,32-37,39,41-42,79-81,86H,5-8,11-12,15-20,23-24,27,29-31,38,40,43-78H2,1-4H3,(H,91,92)(H,93,94)/b13-9-,14-10-,25-21-,26-22-,32-28-,36-33-,37-34-,41-39-,42-35-. The summed E-state index contributed by atoms with van der Waals surface area (Å²) in [6.07, 6.45) is 83.4. The van der Waals surface area contributed by atoms with Crippen LogP contribution in [0.15, 0.2) is 109 Å². The number of rotatable bonds is 77. The highest BCUT2D eigenvalue weighted by atomic mass is 31.2. The van der Waals surface area contributed by atoms with Gasteiger partial charge < -0.3 is 33.8 Å². The van der Waals surface area contributed by atoms with Crippen LogP contribution >= 0.6 is 15.6 Å². The first-order valence-corrected chi connectivity index (χ1v) is 44.1. The molecule has 19 heteroatoms. The second-order valence-corrected chi connectivity index (χ2v) is 30.2. The van der Waals surface area contributed by atoms with Crippen LogP contribution in [0.2, 0.25) is 0 Å². The van der Waals surface area contributed by atoms with Gasteiger partial charge >= 0.3 is 39.5 Å². The molecule has 0 saturated carbocycles. The van der Waals surface area contributed by atoms with Crippen LogP contribution < -0.4 is 0 Å². The van der Waals surface area contributed by atoms with Gasteiger partial charge in [0.2, 0.25) is 0 Å². The summed E-state index contributed by atoms with van der Waals surface area (Å²) in [7, 11) is -9.97. The van der Waals surface area contributed by atoms with E-state index in [0.717, 1.165) is 205 Å². The van der Waals surface area contributed by atoms with Gasteiger partial charge in [0.15, 0.2) is 12.2 Å². The van der Waals surface area contributed by atoms with Gasteiger partial charge in [0.25, 0.3) is 0 Å². The van der Waals surface area contributed by atoms with E-state index in [1.54, 1.807) is 0 Å². The fourth-order valence-electron chi connectivity index (χ4n) is 11.0. The van der Waals surface area contributed by atoms with E-state index >= 15 is 0 Å². The van der Waals surface area contributed by atoms with Crippen molar-refractivity contribution < 1.29 is 80.2 Å². The number of ether oxygens (including phenoxy) is 4. The average Bonchev–Trinajstić information content (AvgIpc) is 0.939. The zero-order valence-electron chi connectivity index (χ0n) is 65.7. The van der Waals surface area contributed by atoms with E-state index < -0.39 is 97.5 Å². The zero-order chi connectivity index (χ0) is 76.0. The van der Waals surface area contributed by atoms with Crippen molar-refractivity contribution in [2.75, 3.05) is 39.6 Å². The number of unbranched alkanes of at least 4 members (excludes halogenated alkanes) is 33. The predicted molar refractivity (Wildman–Crippen MR) is 427 cm³/mol. The van der Waals surface area contributed by atoms with Crippen LogP contribution in [-0.4, -0.2) is 96.7 Å². The highest BCUT2D eigenvalue weighted by molar-refractivity contribution is 7.47. The van der Waals surface area contributed by atoms with Crippen molar-refractivity contribution in [2.24, 2.45) is 0 Å². The lowest BCUT2D eigenvalue weighted by Gasteiger charge is -2.21. The van der Waals surface area contributed by atoms with Gasteiger partial charge in [-0.25, -0.2) is 9.13 Å². The monoisotopic (exact) mass is 1500 g/mol. The number of esters is 4. The first-order chi connectivity index (χ1) is 50.7. The molecule has 600 valence electrons. The molecule has 0 saturated heterocycles. The predicted octanol–water partition coefficient (Wildman–Crippen LogP) is 24.1. The summed E-state index contributed by atoms with van der Waals surface area (Å²) in [5.41, 5.74) is 0. The topological polar surface area (TPSA) is 237 Å². The summed E-state index contributed by atoms with van der Waals surface area (Å²) < 4.78 is 68.7. The molecule has 5 unspecified atom stereocenters. The van der Waals surface area contributed by atoms with E-state index in [1.807, 2.05) is 0 Å². The smallest absolute Gasteiger partial charge is 0.462 e. The Balaban J connectivity index is 5.36. The maximum absolute atomic E-state index is 13.1. The number of aliphatic hydroxyl groups is 1. The van der Waals surface area contributed by atoms with E-state index in [9.17, 15) is 43.2 Å². The zero-order valence-corrected chi connectivity index (χ0v) is 67.5. The van der Waals surface area contributed by atoms with Crippen LogP contribution in [0.25, 0.3) is 0 Å². The normalized spacial score (nSPS) is 14.4. The molecular formula is C85H148O17P2. The molecule has 0 aliphatic carbocycles. The Kier molecular flexibility index (Phi) is 73.7. The van der Waals surface area contributed by atoms with E-state index in [1.165, 1.54) is 64.2 Å². The van der Waals surface area contributed by atoms with Crippen LogP contribution in [0.5, 0.6) is 0 Å². The molecule has 0 fully saturated rings. The molecule has 0 aliphatic rings. The third-order valence-electron chi connectivity index (χ3n) is 17.2. The minimum Gasteiger partial charge on any atom is -0.462 e. The molecule has 3 N–H and O–H groups in total. The highest BCUT2D eigenvalue weighted by Gasteiger charge is 2.30. The largest absolute Gasteiger partial charge is 0.472 e. The maximum atomic E-state index is 13.1. The quantitative estimate of drug-likeness (QED) is 0.0169. The van der Waals surface area contributed by atoms with Crippen molar-refractivity contribution in [1.82, 2.24) is 0 Å². The Hall–Kier alpha value is -4.28. The second-order valence-electron chi connectivity index (χ2n) is 27.3. The van der Waals surface area contributed by atoms with E-state index in [4.69, 9.17) is 37.0 Å². The molecule has 17 nitrogen and oxygen atoms in total. The molecule has 0 amide bonds. The summed E-state index contributed by atoms with van der Waals surface area (Å²) in [5.74, 6) is -2.20. The molecule has 0 aliphatic heterocycles. The number of allylic oxidation sites excluding steroid dienone is 18. The van der Waals surface area contributed by atoms with Gasteiger partial charge in [0.05, 0.1) is 26.4 Å². The van der Waals surface area contributed by atoms with Crippen molar-refractivity contribution in [3.8, 4) is 0 Å². The van der Waals surface area contributed by atoms with Gasteiger partial charge in [-0.1, -0.05) is 285 Å². The third-order valence-corrected chi connectivity index (χ3v) is 19.1. The number of carbonyl (C=O) groups excluding carboxylic acids is 4. The summed E-state index contributed by atoms with van der Waals surface area (Å²) >= 11 is 0. The van der Waals surface area contributed by atoms with E-state index in [0.29, 0.717) is 25.7 Å². The summed E-state index contributed by atoms with van der Waals surface area (Å²) in [6, 6.07) is 0. The molecule has 0 bridgehead atoms. The Morgan fingerprint density at radius 3 is 0.788 bits per heavy atom. The SMILES string of the molecule is CC/C=C\C/C=C\C/C=C\C/C=C\CCCCCCCCC(=O)OCC(COP(=O)(O)OCC(O)COP(=O)(O)OCC(COC(=O)CCCCCCCCC/C=C\C/C=C\C/C=C\CC)OC(=O)CCCCCCC/C=C\CCCCCCCC)OC(=O)CCCCCCC/C=C\CCCCCC. The third kappa shape index (κ3) is 75.9. The van der Waals surface area contributed by atoms with Gasteiger partial charge in [-0.3, -0.25) is 37.3 Å². The van der Waals surface area contributed by atoms with Gasteiger partial charge in [-0.2, -0.15) is 0 Å². The lowest BCUT2D eigenvalue weighted by Crippen LogP contribution is -2.30. The average molecular weight is 1500 g/mol. The van der Waals surface area contributed by atoms with Crippen LogP contribution in [0.3, 0.4) is 0 Å². The minimum atomic E-state index is -4.98. The van der Waals surface area contributed by atoms with E-state index in [-0.39, 0.29) is 25.7 Å². The van der Waals surface area contributed by atoms with Crippen LogP contribution in [0.1, 0.15) is 349 Å². The van der Waals surface area contributed by atoms with Crippen molar-refractivity contribution in [1.29, 1.82) is 0 Å². The number of hydrogen-bond donors (Lipinski definition) is 3. The molecule has 104 heavy (non-hydrogen) atoms. The van der Waals surface area contributed by atoms with Gasteiger partial charge in [-0.15, -0.1) is 0 Å². The van der Waals surface area contributed by atoms with Gasteiger partial charge in [-0.05, 0) is 148 Å². The highest BCUT2D eigenvalue weighted by Crippen LogP contribution is 2.45. The number of carbonyl (C=O) groups is 4. The van der Waals surface area contributed by atoms with Crippen molar-refractivity contribution >= 4 is 39.5 Å². The Morgan fingerprint density at radius 2 is 0.500 bits per heavy atom. The minimum absolute atomic E-state index is 0.0810. The summed E-state index contributed by atoms with van der Waals surface area (Å²) in [5, 5.41) is 10.7. The van der Waals surface area contributed by atoms with Crippen LogP contribution in [0.4, 0.5) is 0 Å². The summed E-state index contributed by atoms with van der Waals surface area (Å²) in [4.78, 5) is 73.1. The molecule has 0 heterocycles. The Labute approximate surface area is 632 Å². The number of phosphoric acid groups is 2. The lowest BCUT2D eigenvalue weighted by molar-refractivity contribution is -0.161. The van der Waals surface area contributed by atoms with Crippen molar-refractivity contribution in [2.45, 2.75) is 367 Å². The fraction of sp³-hybridized carbons (Fsp3) is 0.741. The van der Waals surface area contributed by atoms with Crippen molar-refractivity contribution in [3.63, 3.8) is 0 Å². The first-order valence-electron chi connectivity index (χ1n) is 41.1. The number of aliphatic hydroxyl groups excluding tert-OH is 1. The molecule has 0 radical (unpaired) electrons. The number of hydrogen-bond acceptors (Lipinski definition) is 15. The molecular weight excluding hydrogens is 1350 g/mol. The van der Waals surface area contributed by atoms with Crippen LogP contribution in [0, 0.1) is 0 Å². The van der Waals surface area contributed by atoms with E-state index in [2.05, 4.69) is 137 Å². The second kappa shape index (κ2) is 76.9. The lowest BCUT2D eigenvalue weighted by atomic mass is 10.1. The molecule has 0 rings (SSSR count). The molecule has 0 aromatic heterocycles. The maximum Gasteiger partial charge on any atom is 0.472 e. The Bertz CT molecular complexity index is 2390.